The van der Waals surface area contributed by atoms with Crippen LogP contribution in [0.1, 0.15) is 33.1 Å². The van der Waals surface area contributed by atoms with Crippen LogP contribution in [0.2, 0.25) is 0 Å². The van der Waals surface area contributed by atoms with Gasteiger partial charge in [0.15, 0.2) is 0 Å². The first-order valence-corrected chi connectivity index (χ1v) is 9.76. The molecule has 2 atom stereocenters. The summed E-state index contributed by atoms with van der Waals surface area (Å²) >= 11 is 0.836. The van der Waals surface area contributed by atoms with Crippen LogP contribution in [0.3, 0.4) is 0 Å². The number of Topliss-reactive ketones (excluding diaryl/α,β-unsaturated/α-hetero) is 1. The normalized spacial score (nSPS) is 29.9. The van der Waals surface area contributed by atoms with Crippen LogP contribution in [-0.4, -0.2) is 20.0 Å². The standard InChI is InChI=1S/C16H20O4S2/c1-15(2)12-8-9-16(15,14(17)10-12)11-22(18,19)20-21-13-6-4-3-5-7-13/h3-7,12H,8-11H2,1-2H3. The summed E-state index contributed by atoms with van der Waals surface area (Å²) in [4.78, 5) is 13.1. The van der Waals surface area contributed by atoms with E-state index >= 15 is 0 Å². The number of ketones is 1. The summed E-state index contributed by atoms with van der Waals surface area (Å²) in [5, 5.41) is 0. The smallest absolute Gasteiger partial charge is 0.279 e. The molecule has 0 radical (unpaired) electrons. The first-order chi connectivity index (χ1) is 10.3. The van der Waals surface area contributed by atoms with E-state index in [4.69, 9.17) is 3.63 Å². The Morgan fingerprint density at radius 3 is 2.50 bits per heavy atom. The van der Waals surface area contributed by atoms with Gasteiger partial charge in [-0.15, -0.1) is 0 Å². The van der Waals surface area contributed by atoms with E-state index in [0.29, 0.717) is 18.8 Å². The zero-order valence-electron chi connectivity index (χ0n) is 12.7. The largest absolute Gasteiger partial charge is 0.299 e. The molecule has 0 N–H and O–H groups in total. The van der Waals surface area contributed by atoms with Crippen molar-refractivity contribution >= 4 is 27.9 Å². The minimum Gasteiger partial charge on any atom is -0.299 e. The molecule has 22 heavy (non-hydrogen) atoms. The number of carbonyl (C=O) groups excluding carboxylic acids is 1. The van der Waals surface area contributed by atoms with Crippen LogP contribution >= 0.6 is 12.0 Å². The average Bonchev–Trinajstić information content (AvgIpc) is 2.80. The molecular weight excluding hydrogens is 320 g/mol. The summed E-state index contributed by atoms with van der Waals surface area (Å²) in [6.07, 6.45) is 2.09. The highest BCUT2D eigenvalue weighted by Gasteiger charge is 2.65. The molecule has 0 aromatic heterocycles. The van der Waals surface area contributed by atoms with Gasteiger partial charge >= 0.3 is 0 Å². The number of hydrogen-bond donors (Lipinski definition) is 0. The number of carbonyl (C=O) groups is 1. The first kappa shape index (κ1) is 16.0. The van der Waals surface area contributed by atoms with Gasteiger partial charge in [-0.05, 0) is 36.3 Å². The Morgan fingerprint density at radius 1 is 1.27 bits per heavy atom. The monoisotopic (exact) mass is 340 g/mol. The summed E-state index contributed by atoms with van der Waals surface area (Å²) in [5.74, 6) is 0.185. The molecule has 1 aromatic rings. The highest BCUT2D eigenvalue weighted by molar-refractivity contribution is 8.04. The van der Waals surface area contributed by atoms with Crippen molar-refractivity contribution in [2.75, 3.05) is 5.75 Å². The summed E-state index contributed by atoms with van der Waals surface area (Å²) in [5.41, 5.74) is -1.04. The molecule has 0 amide bonds. The molecular formula is C16H20O4S2. The lowest BCUT2D eigenvalue weighted by Crippen LogP contribution is -2.42. The molecule has 2 aliphatic rings. The Labute approximate surface area is 136 Å². The van der Waals surface area contributed by atoms with E-state index in [9.17, 15) is 13.2 Å². The Kier molecular flexibility index (Phi) is 3.90. The molecule has 0 heterocycles. The minimum atomic E-state index is -3.77. The van der Waals surface area contributed by atoms with Crippen molar-refractivity contribution in [2.24, 2.45) is 16.7 Å². The van der Waals surface area contributed by atoms with Crippen molar-refractivity contribution in [1.29, 1.82) is 0 Å². The van der Waals surface area contributed by atoms with E-state index in [1.165, 1.54) is 0 Å². The summed E-state index contributed by atoms with van der Waals surface area (Å²) in [6, 6.07) is 9.07. The van der Waals surface area contributed by atoms with E-state index in [0.717, 1.165) is 23.4 Å². The van der Waals surface area contributed by atoms with Crippen LogP contribution in [0.4, 0.5) is 0 Å². The molecule has 120 valence electrons. The summed E-state index contributed by atoms with van der Waals surface area (Å²) in [6.45, 7) is 4.05. The summed E-state index contributed by atoms with van der Waals surface area (Å²) in [7, 11) is -3.77. The number of fused-ring (bicyclic) bond motifs is 2. The van der Waals surface area contributed by atoms with Crippen LogP contribution in [0.15, 0.2) is 35.2 Å². The van der Waals surface area contributed by atoms with Crippen molar-refractivity contribution in [1.82, 2.24) is 0 Å². The SMILES string of the molecule is CC1(C)C2CCC1(CS(=O)(=O)OSc1ccccc1)C(=O)C2. The minimum absolute atomic E-state index is 0.0886. The quantitative estimate of drug-likeness (QED) is 0.769. The van der Waals surface area contributed by atoms with Crippen LogP contribution in [0.25, 0.3) is 0 Å². The highest BCUT2D eigenvalue weighted by Crippen LogP contribution is 2.64. The van der Waals surface area contributed by atoms with Crippen LogP contribution in [-0.2, 0) is 18.5 Å². The maximum absolute atomic E-state index is 12.4. The molecule has 1 aromatic carbocycles. The van der Waals surface area contributed by atoms with E-state index in [1.807, 2.05) is 32.0 Å². The van der Waals surface area contributed by atoms with Gasteiger partial charge in [-0.2, -0.15) is 12.0 Å². The maximum Gasteiger partial charge on any atom is 0.279 e. The lowest BCUT2D eigenvalue weighted by molar-refractivity contribution is -0.128. The number of hydrogen-bond acceptors (Lipinski definition) is 5. The molecule has 0 saturated heterocycles. The van der Waals surface area contributed by atoms with Gasteiger partial charge in [0.25, 0.3) is 10.1 Å². The van der Waals surface area contributed by atoms with Gasteiger partial charge in [-0.1, -0.05) is 32.0 Å². The van der Waals surface area contributed by atoms with Crippen molar-refractivity contribution in [3.05, 3.63) is 30.3 Å². The highest BCUT2D eigenvalue weighted by atomic mass is 32.3. The van der Waals surface area contributed by atoms with Crippen LogP contribution < -0.4 is 0 Å². The Morgan fingerprint density at radius 2 is 1.95 bits per heavy atom. The Hall–Kier alpha value is -0.850. The second-order valence-corrected chi connectivity index (χ2v) is 9.42. The third-order valence-electron chi connectivity index (χ3n) is 5.54. The molecule has 2 aliphatic carbocycles. The van der Waals surface area contributed by atoms with Crippen molar-refractivity contribution in [2.45, 2.75) is 38.0 Å². The first-order valence-electron chi connectivity index (χ1n) is 7.44. The molecule has 0 spiro atoms. The van der Waals surface area contributed by atoms with Crippen molar-refractivity contribution in [3.63, 3.8) is 0 Å². The molecule has 4 nitrogen and oxygen atoms in total. The average molecular weight is 340 g/mol. The lowest BCUT2D eigenvalue weighted by atomic mass is 9.70. The fourth-order valence-corrected chi connectivity index (χ4v) is 6.47. The van der Waals surface area contributed by atoms with E-state index in [1.54, 1.807) is 12.1 Å². The second kappa shape index (κ2) is 5.35. The second-order valence-electron chi connectivity index (χ2n) is 6.83. The van der Waals surface area contributed by atoms with Gasteiger partial charge in [-0.3, -0.25) is 4.79 Å². The van der Waals surface area contributed by atoms with Gasteiger partial charge in [0.05, 0.1) is 11.2 Å². The molecule has 2 saturated carbocycles. The zero-order chi connectivity index (χ0) is 16.0. The van der Waals surface area contributed by atoms with E-state index < -0.39 is 15.5 Å². The molecule has 2 unspecified atom stereocenters. The number of rotatable bonds is 5. The van der Waals surface area contributed by atoms with Crippen LogP contribution in [0.5, 0.6) is 0 Å². The molecule has 3 rings (SSSR count). The van der Waals surface area contributed by atoms with Crippen molar-refractivity contribution in [3.8, 4) is 0 Å². The van der Waals surface area contributed by atoms with Gasteiger partial charge in [0.1, 0.15) is 5.78 Å². The fourth-order valence-electron chi connectivity index (χ4n) is 4.00. The predicted octanol–water partition coefficient (Wildman–Crippen LogP) is 3.44. The molecule has 6 heteroatoms. The topological polar surface area (TPSA) is 60.4 Å². The molecule has 2 bridgehead atoms. The zero-order valence-corrected chi connectivity index (χ0v) is 14.4. The van der Waals surface area contributed by atoms with E-state index in [2.05, 4.69) is 0 Å². The van der Waals surface area contributed by atoms with Gasteiger partial charge < -0.3 is 0 Å². The van der Waals surface area contributed by atoms with Crippen LogP contribution in [0, 0.1) is 16.7 Å². The fraction of sp³-hybridized carbons (Fsp3) is 0.562. The predicted molar refractivity (Wildman–Crippen MR) is 85.7 cm³/mol. The number of benzene rings is 1. The summed E-state index contributed by atoms with van der Waals surface area (Å²) < 4.78 is 29.9. The van der Waals surface area contributed by atoms with Gasteiger partial charge in [-0.25, -0.2) is 0 Å². The van der Waals surface area contributed by atoms with E-state index in [-0.39, 0.29) is 17.0 Å². The Balaban J connectivity index is 1.75. The molecule has 0 aliphatic heterocycles. The third-order valence-corrected chi connectivity index (χ3v) is 7.95. The maximum atomic E-state index is 12.4. The molecule has 2 fully saturated rings. The van der Waals surface area contributed by atoms with Gasteiger partial charge in [0.2, 0.25) is 0 Å². The Bertz CT molecular complexity index is 681. The van der Waals surface area contributed by atoms with Crippen molar-refractivity contribution < 1.29 is 16.8 Å². The lowest BCUT2D eigenvalue weighted by Gasteiger charge is -2.35. The van der Waals surface area contributed by atoms with Gasteiger partial charge in [0, 0.05) is 23.4 Å². The third kappa shape index (κ3) is 2.51.